The fourth-order valence-electron chi connectivity index (χ4n) is 4.06. The SMILES string of the molecule is O=c1cc(-c2ccc(C(F)(F)F)cc2)ccn1-c1ccn2c3c(nc2c1)CCCC3. The maximum absolute atomic E-state index is 12.8. The molecule has 0 bridgehead atoms. The summed E-state index contributed by atoms with van der Waals surface area (Å²) in [4.78, 5) is 17.4. The minimum Gasteiger partial charge on any atom is -0.304 e. The van der Waals surface area contributed by atoms with Gasteiger partial charge in [-0.1, -0.05) is 12.1 Å². The molecule has 0 unspecified atom stereocenters. The molecule has 0 amide bonds. The lowest BCUT2D eigenvalue weighted by atomic mass is 10.0. The Balaban J connectivity index is 1.50. The van der Waals surface area contributed by atoms with Crippen LogP contribution < -0.4 is 5.56 Å². The summed E-state index contributed by atoms with van der Waals surface area (Å²) < 4.78 is 41.9. The van der Waals surface area contributed by atoms with Gasteiger partial charge in [-0.3, -0.25) is 9.36 Å². The average Bonchev–Trinajstić information content (AvgIpc) is 3.11. The predicted molar refractivity (Wildman–Crippen MR) is 108 cm³/mol. The molecule has 0 saturated heterocycles. The van der Waals surface area contributed by atoms with Crippen molar-refractivity contribution in [2.75, 3.05) is 0 Å². The molecule has 0 aliphatic heterocycles. The zero-order chi connectivity index (χ0) is 20.9. The lowest BCUT2D eigenvalue weighted by Gasteiger charge is -2.11. The van der Waals surface area contributed by atoms with Crippen LogP contribution in [0.1, 0.15) is 29.8 Å². The molecule has 4 nitrogen and oxygen atoms in total. The fourth-order valence-corrected chi connectivity index (χ4v) is 4.06. The van der Waals surface area contributed by atoms with E-state index in [9.17, 15) is 18.0 Å². The van der Waals surface area contributed by atoms with E-state index in [1.807, 2.05) is 18.3 Å². The number of halogens is 3. The third-order valence-corrected chi connectivity index (χ3v) is 5.61. The molecule has 0 saturated carbocycles. The van der Waals surface area contributed by atoms with Crippen molar-refractivity contribution in [2.24, 2.45) is 0 Å². The summed E-state index contributed by atoms with van der Waals surface area (Å²) in [5.41, 5.74) is 4.05. The molecule has 0 N–H and O–H groups in total. The highest BCUT2D eigenvalue weighted by Gasteiger charge is 2.30. The summed E-state index contributed by atoms with van der Waals surface area (Å²) >= 11 is 0. The Morgan fingerprint density at radius 3 is 2.37 bits per heavy atom. The van der Waals surface area contributed by atoms with Crippen LogP contribution in [0.15, 0.2) is 65.7 Å². The summed E-state index contributed by atoms with van der Waals surface area (Å²) in [6, 6.07) is 11.7. The van der Waals surface area contributed by atoms with Gasteiger partial charge < -0.3 is 4.40 Å². The normalized spacial score (nSPS) is 14.1. The maximum atomic E-state index is 12.8. The molecule has 30 heavy (non-hydrogen) atoms. The van der Waals surface area contributed by atoms with Crippen molar-refractivity contribution in [2.45, 2.75) is 31.9 Å². The smallest absolute Gasteiger partial charge is 0.304 e. The van der Waals surface area contributed by atoms with Crippen LogP contribution in [-0.2, 0) is 19.0 Å². The summed E-state index contributed by atoms with van der Waals surface area (Å²) in [5.74, 6) is 0. The van der Waals surface area contributed by atoms with Crippen LogP contribution in [0.3, 0.4) is 0 Å². The summed E-state index contributed by atoms with van der Waals surface area (Å²) in [6.45, 7) is 0. The number of imidazole rings is 1. The lowest BCUT2D eigenvalue weighted by molar-refractivity contribution is -0.137. The molecule has 4 aromatic rings. The highest BCUT2D eigenvalue weighted by Crippen LogP contribution is 2.31. The largest absolute Gasteiger partial charge is 0.416 e. The molecule has 3 aromatic heterocycles. The molecule has 3 heterocycles. The standard InChI is InChI=1S/C23H18F3N3O/c24-23(25,26)17-7-5-15(6-8-17)16-9-11-28(22(30)13-16)18-10-12-29-20-4-2-1-3-19(20)27-21(29)14-18/h5-14H,1-4H2. The molecule has 7 heteroatoms. The third kappa shape index (κ3) is 3.20. The number of aryl methyl sites for hydroxylation is 2. The zero-order valence-corrected chi connectivity index (χ0v) is 16.0. The van der Waals surface area contributed by atoms with E-state index in [2.05, 4.69) is 4.40 Å². The van der Waals surface area contributed by atoms with Crippen molar-refractivity contribution in [3.63, 3.8) is 0 Å². The van der Waals surface area contributed by atoms with Gasteiger partial charge in [0.25, 0.3) is 5.56 Å². The van der Waals surface area contributed by atoms with Gasteiger partial charge in [0.15, 0.2) is 0 Å². The first-order valence-electron chi connectivity index (χ1n) is 9.81. The number of hydrogen-bond donors (Lipinski definition) is 0. The zero-order valence-electron chi connectivity index (χ0n) is 16.0. The van der Waals surface area contributed by atoms with E-state index in [0.717, 1.165) is 49.2 Å². The molecule has 1 aliphatic carbocycles. The number of pyridine rings is 2. The van der Waals surface area contributed by atoms with Crippen LogP contribution in [0.2, 0.25) is 0 Å². The van der Waals surface area contributed by atoms with Crippen molar-refractivity contribution in [1.82, 2.24) is 14.0 Å². The summed E-state index contributed by atoms with van der Waals surface area (Å²) in [7, 11) is 0. The van der Waals surface area contributed by atoms with E-state index >= 15 is 0 Å². The first-order chi connectivity index (χ1) is 14.4. The van der Waals surface area contributed by atoms with E-state index in [4.69, 9.17) is 4.98 Å². The van der Waals surface area contributed by atoms with E-state index in [-0.39, 0.29) is 5.56 Å². The average molecular weight is 409 g/mol. The molecule has 0 atom stereocenters. The van der Waals surface area contributed by atoms with Crippen LogP contribution in [0, 0.1) is 0 Å². The molecule has 152 valence electrons. The highest BCUT2D eigenvalue weighted by atomic mass is 19.4. The maximum Gasteiger partial charge on any atom is 0.416 e. The topological polar surface area (TPSA) is 39.3 Å². The van der Waals surface area contributed by atoms with Gasteiger partial charge in [0.2, 0.25) is 0 Å². The van der Waals surface area contributed by atoms with Crippen molar-refractivity contribution >= 4 is 5.65 Å². The number of alkyl halides is 3. The minimum absolute atomic E-state index is 0.256. The predicted octanol–water partition coefficient (Wildman–Crippen LogP) is 5.05. The van der Waals surface area contributed by atoms with Crippen molar-refractivity contribution < 1.29 is 13.2 Å². The van der Waals surface area contributed by atoms with Crippen molar-refractivity contribution in [3.05, 3.63) is 88.2 Å². The Morgan fingerprint density at radius 1 is 0.867 bits per heavy atom. The van der Waals surface area contributed by atoms with Crippen LogP contribution in [0.5, 0.6) is 0 Å². The van der Waals surface area contributed by atoms with Gasteiger partial charge in [0, 0.05) is 30.2 Å². The molecular formula is C23H18F3N3O. The second-order valence-corrected chi connectivity index (χ2v) is 7.52. The molecular weight excluding hydrogens is 391 g/mol. The Labute approximate surface area is 170 Å². The lowest BCUT2D eigenvalue weighted by Crippen LogP contribution is -2.16. The van der Waals surface area contributed by atoms with E-state index in [1.54, 1.807) is 12.3 Å². The van der Waals surface area contributed by atoms with E-state index < -0.39 is 11.7 Å². The first-order valence-corrected chi connectivity index (χ1v) is 9.81. The molecule has 1 aromatic carbocycles. The molecule has 1 aliphatic rings. The van der Waals surface area contributed by atoms with Gasteiger partial charge in [0.05, 0.1) is 16.9 Å². The number of rotatable bonds is 2. The van der Waals surface area contributed by atoms with Gasteiger partial charge in [0.1, 0.15) is 5.65 Å². The highest BCUT2D eigenvalue weighted by molar-refractivity contribution is 5.63. The van der Waals surface area contributed by atoms with Crippen LogP contribution in [0.4, 0.5) is 13.2 Å². The first kappa shape index (κ1) is 18.7. The van der Waals surface area contributed by atoms with Crippen LogP contribution in [0.25, 0.3) is 22.5 Å². The Morgan fingerprint density at radius 2 is 1.63 bits per heavy atom. The van der Waals surface area contributed by atoms with Crippen molar-refractivity contribution in [1.29, 1.82) is 0 Å². The van der Waals surface area contributed by atoms with E-state index in [0.29, 0.717) is 16.8 Å². The van der Waals surface area contributed by atoms with E-state index in [1.165, 1.54) is 28.5 Å². The van der Waals surface area contributed by atoms with Crippen molar-refractivity contribution in [3.8, 4) is 16.8 Å². The number of hydrogen-bond acceptors (Lipinski definition) is 2. The van der Waals surface area contributed by atoms with Crippen LogP contribution >= 0.6 is 0 Å². The molecule has 0 fully saturated rings. The van der Waals surface area contributed by atoms with Gasteiger partial charge in [-0.05, 0) is 61.1 Å². The molecule has 5 rings (SSSR count). The van der Waals surface area contributed by atoms with Crippen LogP contribution in [-0.4, -0.2) is 14.0 Å². The second kappa shape index (κ2) is 6.86. The number of fused-ring (bicyclic) bond motifs is 3. The Hall–Kier alpha value is -3.35. The quantitative estimate of drug-likeness (QED) is 0.465. The molecule has 0 spiro atoms. The minimum atomic E-state index is -4.38. The second-order valence-electron chi connectivity index (χ2n) is 7.52. The molecule has 0 radical (unpaired) electrons. The van der Waals surface area contributed by atoms with Gasteiger partial charge in [-0.15, -0.1) is 0 Å². The summed E-state index contributed by atoms with van der Waals surface area (Å²) in [6.07, 6.45) is 3.50. The Bertz CT molecular complexity index is 1300. The third-order valence-electron chi connectivity index (χ3n) is 5.61. The van der Waals surface area contributed by atoms with Gasteiger partial charge >= 0.3 is 6.18 Å². The number of aromatic nitrogens is 3. The monoisotopic (exact) mass is 409 g/mol. The number of nitrogens with zero attached hydrogens (tertiary/aromatic N) is 3. The van der Waals surface area contributed by atoms with Gasteiger partial charge in [-0.2, -0.15) is 13.2 Å². The Kier molecular flexibility index (Phi) is 4.27. The number of benzene rings is 1. The van der Waals surface area contributed by atoms with Gasteiger partial charge in [-0.25, -0.2) is 4.98 Å². The summed E-state index contributed by atoms with van der Waals surface area (Å²) in [5, 5.41) is 0. The fraction of sp³-hybridized carbons (Fsp3) is 0.217.